The monoisotopic (exact) mass is 372 g/mol. The maximum Gasteiger partial charge on any atom is 0.336 e. The van der Waals surface area contributed by atoms with Crippen molar-refractivity contribution in [2.24, 2.45) is 4.99 Å². The molecule has 0 unspecified atom stereocenters. The Labute approximate surface area is 159 Å². The molecule has 1 heterocycles. The lowest BCUT2D eigenvalue weighted by Crippen LogP contribution is -2.06. The lowest BCUT2D eigenvalue weighted by Gasteiger charge is -2.17. The van der Waals surface area contributed by atoms with E-state index < -0.39 is 5.97 Å². The summed E-state index contributed by atoms with van der Waals surface area (Å²) in [5.41, 5.74) is 9.15. The Kier molecular flexibility index (Phi) is 4.16. The number of rotatable bonds is 2. The number of hydrogen-bond acceptors (Lipinski definition) is 4. The standard InChI is InChI=1S/C22H16N2O4/c1-12(25)24-14-7-9-18-20(11-14)28-19-10-13(23)6-8-17(19)21(18)15-4-2-3-5-16(15)22(26)27/h2-11H,23H2,1H3,(H,26,27). The van der Waals surface area contributed by atoms with E-state index in [0.29, 0.717) is 33.5 Å². The van der Waals surface area contributed by atoms with Crippen LogP contribution < -0.4 is 11.1 Å². The number of nitrogen functional groups attached to an aromatic ring is 1. The molecule has 1 amide bonds. The average Bonchev–Trinajstić information content (AvgIpc) is 2.65. The number of amides is 1. The van der Waals surface area contributed by atoms with E-state index in [4.69, 9.17) is 10.2 Å². The molecule has 1 aliphatic heterocycles. The van der Waals surface area contributed by atoms with E-state index in [2.05, 4.69) is 4.99 Å². The van der Waals surface area contributed by atoms with Gasteiger partial charge in [-0.15, -0.1) is 0 Å². The van der Waals surface area contributed by atoms with Crippen molar-refractivity contribution in [3.05, 3.63) is 71.6 Å². The van der Waals surface area contributed by atoms with Crippen molar-refractivity contribution in [1.82, 2.24) is 0 Å². The van der Waals surface area contributed by atoms with Crippen LogP contribution in [0, 0.1) is 0 Å². The number of nitrogens with zero attached hydrogens (tertiary/aromatic N) is 1. The van der Waals surface area contributed by atoms with E-state index in [0.717, 1.165) is 10.9 Å². The summed E-state index contributed by atoms with van der Waals surface area (Å²) < 4.78 is 6.01. The van der Waals surface area contributed by atoms with Crippen LogP contribution in [0.2, 0.25) is 0 Å². The second kappa shape index (κ2) is 6.66. The Hall–Kier alpha value is -3.93. The SMILES string of the molecule is CC(=O)N=c1ccc2c(-c3ccccc3C(=O)O)c3ccc(N)cc3oc-2c1. The largest absolute Gasteiger partial charge is 0.478 e. The number of carbonyl (C=O) groups is 2. The van der Waals surface area contributed by atoms with E-state index in [9.17, 15) is 14.7 Å². The number of carboxylic acids is 1. The molecule has 138 valence electrons. The zero-order chi connectivity index (χ0) is 19.8. The fourth-order valence-corrected chi connectivity index (χ4v) is 3.32. The van der Waals surface area contributed by atoms with Crippen LogP contribution in [-0.4, -0.2) is 17.0 Å². The Balaban J connectivity index is 2.17. The molecule has 0 bridgehead atoms. The van der Waals surface area contributed by atoms with Gasteiger partial charge >= 0.3 is 5.97 Å². The van der Waals surface area contributed by atoms with Gasteiger partial charge in [0.15, 0.2) is 0 Å². The first kappa shape index (κ1) is 17.5. The Bertz CT molecular complexity index is 1290. The van der Waals surface area contributed by atoms with Gasteiger partial charge in [0.25, 0.3) is 0 Å². The van der Waals surface area contributed by atoms with E-state index in [-0.39, 0.29) is 11.5 Å². The van der Waals surface area contributed by atoms with Gasteiger partial charge in [-0.2, -0.15) is 0 Å². The van der Waals surface area contributed by atoms with Crippen LogP contribution in [0.15, 0.2) is 70.1 Å². The third-order valence-electron chi connectivity index (χ3n) is 4.44. The van der Waals surface area contributed by atoms with Crippen LogP contribution in [0.3, 0.4) is 0 Å². The normalized spacial score (nSPS) is 11.8. The quantitative estimate of drug-likeness (QED) is 0.410. The maximum atomic E-state index is 11.8. The number of hydrogen-bond donors (Lipinski definition) is 2. The second-order valence-electron chi connectivity index (χ2n) is 6.39. The number of nitrogens with two attached hydrogens (primary N) is 1. The molecule has 0 spiro atoms. The minimum Gasteiger partial charge on any atom is -0.478 e. The zero-order valence-corrected chi connectivity index (χ0v) is 15.0. The highest BCUT2D eigenvalue weighted by atomic mass is 16.4. The highest BCUT2D eigenvalue weighted by Gasteiger charge is 2.21. The van der Waals surface area contributed by atoms with Gasteiger partial charge in [0.2, 0.25) is 5.91 Å². The molecule has 2 aromatic carbocycles. The smallest absolute Gasteiger partial charge is 0.336 e. The van der Waals surface area contributed by atoms with Gasteiger partial charge in [-0.1, -0.05) is 18.2 Å². The number of benzene rings is 3. The number of fused-ring (bicyclic) bond motifs is 2. The van der Waals surface area contributed by atoms with E-state index >= 15 is 0 Å². The summed E-state index contributed by atoms with van der Waals surface area (Å²) in [5.74, 6) is -0.854. The van der Waals surface area contributed by atoms with Crippen molar-refractivity contribution in [2.75, 3.05) is 5.73 Å². The van der Waals surface area contributed by atoms with Crippen LogP contribution in [0.5, 0.6) is 0 Å². The Morgan fingerprint density at radius 1 is 1.00 bits per heavy atom. The molecule has 2 aromatic rings. The topological polar surface area (TPSA) is 106 Å². The fourth-order valence-electron chi connectivity index (χ4n) is 3.32. The van der Waals surface area contributed by atoms with Gasteiger partial charge in [-0.3, -0.25) is 4.79 Å². The second-order valence-corrected chi connectivity index (χ2v) is 6.39. The molecule has 0 atom stereocenters. The molecule has 0 aromatic heterocycles. The Morgan fingerprint density at radius 3 is 2.54 bits per heavy atom. The number of aromatic carboxylic acids is 1. The predicted octanol–water partition coefficient (Wildman–Crippen LogP) is 3.93. The Morgan fingerprint density at radius 2 is 1.79 bits per heavy atom. The lowest BCUT2D eigenvalue weighted by atomic mass is 9.91. The summed E-state index contributed by atoms with van der Waals surface area (Å²) in [4.78, 5) is 27.1. The first-order valence-corrected chi connectivity index (χ1v) is 8.58. The molecule has 1 aliphatic carbocycles. The number of carbonyl (C=O) groups excluding carboxylic acids is 1. The van der Waals surface area contributed by atoms with Crippen molar-refractivity contribution in [1.29, 1.82) is 0 Å². The molecular formula is C22H16N2O4. The molecule has 3 N–H and O–H groups in total. The molecule has 0 saturated heterocycles. The maximum absolute atomic E-state index is 11.8. The average molecular weight is 372 g/mol. The van der Waals surface area contributed by atoms with Crippen LogP contribution in [0.1, 0.15) is 17.3 Å². The van der Waals surface area contributed by atoms with Crippen LogP contribution >= 0.6 is 0 Å². The molecule has 6 nitrogen and oxygen atoms in total. The van der Waals surface area contributed by atoms with Crippen LogP contribution in [-0.2, 0) is 4.79 Å². The van der Waals surface area contributed by atoms with Crippen LogP contribution in [0.4, 0.5) is 5.69 Å². The van der Waals surface area contributed by atoms with Gasteiger partial charge in [0, 0.05) is 41.3 Å². The molecule has 28 heavy (non-hydrogen) atoms. The van der Waals surface area contributed by atoms with Crippen molar-refractivity contribution in [3.63, 3.8) is 0 Å². The molecule has 0 radical (unpaired) electrons. The predicted molar refractivity (Wildman–Crippen MR) is 106 cm³/mol. The number of anilines is 1. The summed E-state index contributed by atoms with van der Waals surface area (Å²) in [6, 6.07) is 17.2. The fraction of sp³-hybridized carbons (Fsp3) is 0.0455. The van der Waals surface area contributed by atoms with E-state index in [1.165, 1.54) is 6.92 Å². The molecule has 0 saturated carbocycles. The van der Waals surface area contributed by atoms with E-state index in [1.807, 2.05) is 6.07 Å². The molecule has 2 aliphatic rings. The first-order valence-electron chi connectivity index (χ1n) is 8.58. The van der Waals surface area contributed by atoms with Crippen molar-refractivity contribution in [3.8, 4) is 22.5 Å². The summed E-state index contributed by atoms with van der Waals surface area (Å²) in [6.07, 6.45) is 0. The van der Waals surface area contributed by atoms with Gasteiger partial charge < -0.3 is 15.3 Å². The molecule has 4 rings (SSSR count). The van der Waals surface area contributed by atoms with Crippen LogP contribution in [0.25, 0.3) is 33.4 Å². The van der Waals surface area contributed by atoms with Crippen molar-refractivity contribution in [2.45, 2.75) is 6.92 Å². The first-order chi connectivity index (χ1) is 13.4. The molecule has 6 heteroatoms. The third kappa shape index (κ3) is 3.01. The van der Waals surface area contributed by atoms with Gasteiger partial charge in [0.1, 0.15) is 11.3 Å². The summed E-state index contributed by atoms with van der Waals surface area (Å²) in [7, 11) is 0. The minimum absolute atomic E-state index is 0.186. The summed E-state index contributed by atoms with van der Waals surface area (Å²) >= 11 is 0. The van der Waals surface area contributed by atoms with Crippen molar-refractivity contribution >= 4 is 28.5 Å². The zero-order valence-electron chi connectivity index (χ0n) is 15.0. The lowest BCUT2D eigenvalue weighted by molar-refractivity contribution is -0.116. The highest BCUT2D eigenvalue weighted by Crippen LogP contribution is 2.41. The molecule has 0 fully saturated rings. The third-order valence-corrected chi connectivity index (χ3v) is 4.44. The summed E-state index contributed by atoms with van der Waals surface area (Å²) in [5, 5.41) is 10.9. The minimum atomic E-state index is -1.02. The number of carboxylic acid groups (broad SMARTS) is 1. The summed E-state index contributed by atoms with van der Waals surface area (Å²) in [6.45, 7) is 1.37. The molecular weight excluding hydrogens is 356 g/mol. The van der Waals surface area contributed by atoms with Gasteiger partial charge in [0.05, 0.1) is 10.9 Å². The van der Waals surface area contributed by atoms with E-state index in [1.54, 1.807) is 54.6 Å². The van der Waals surface area contributed by atoms with Gasteiger partial charge in [-0.25, -0.2) is 9.79 Å². The van der Waals surface area contributed by atoms with Crippen molar-refractivity contribution < 1.29 is 19.1 Å². The highest BCUT2D eigenvalue weighted by molar-refractivity contribution is 6.07. The van der Waals surface area contributed by atoms with Gasteiger partial charge in [-0.05, 0) is 35.9 Å².